The number of carbonyl (C=O) groups excluding carboxylic acids is 1. The van der Waals surface area contributed by atoms with Crippen LogP contribution in [0.5, 0.6) is 0 Å². The highest BCUT2D eigenvalue weighted by Gasteiger charge is 2.25. The summed E-state index contributed by atoms with van der Waals surface area (Å²) in [7, 11) is 4.88. The summed E-state index contributed by atoms with van der Waals surface area (Å²) in [6, 6.07) is 31.7. The molecule has 2 atom stereocenters. The monoisotopic (exact) mass is 678 g/mol. The Morgan fingerprint density at radius 3 is 1.49 bits per heavy atom. The molecule has 2 aliphatic rings. The van der Waals surface area contributed by atoms with Gasteiger partial charge in [0.05, 0.1) is 12.5 Å². The van der Waals surface area contributed by atoms with Gasteiger partial charge in [0, 0.05) is 31.1 Å². The van der Waals surface area contributed by atoms with Gasteiger partial charge >= 0.3 is 0 Å². The molecule has 2 heterocycles. The maximum absolute atomic E-state index is 12.8. The van der Waals surface area contributed by atoms with Gasteiger partial charge in [0.25, 0.3) is 0 Å². The van der Waals surface area contributed by atoms with Crippen molar-refractivity contribution in [1.29, 1.82) is 0 Å². The fourth-order valence-electron chi connectivity index (χ4n) is 5.68. The van der Waals surface area contributed by atoms with Crippen molar-refractivity contribution in [2.45, 2.75) is 85.7 Å². The van der Waals surface area contributed by atoms with E-state index < -0.39 is 4.92 Å². The maximum Gasteiger partial charge on any atom is 0.227 e. The number of rotatable bonds is 10. The van der Waals surface area contributed by atoms with E-state index in [4.69, 9.17) is 10.1 Å². The number of nitrogens with one attached hydrogen (secondary N) is 1. The Kier molecular flexibility index (Phi) is 27.2. The highest BCUT2D eigenvalue weighted by Crippen LogP contribution is 2.24. The quantitative estimate of drug-likeness (QED) is 0.171. The van der Waals surface area contributed by atoms with E-state index in [1.165, 1.54) is 49.9 Å². The summed E-state index contributed by atoms with van der Waals surface area (Å²) in [6.07, 6.45) is 5.73. The summed E-state index contributed by atoms with van der Waals surface area (Å²) in [5.41, 5.74) is 3.68. The van der Waals surface area contributed by atoms with Gasteiger partial charge in [-0.3, -0.25) is 14.9 Å². The molecule has 3 aromatic carbocycles. The fourth-order valence-corrected chi connectivity index (χ4v) is 5.68. The maximum atomic E-state index is 12.8. The standard InChI is InChI=1S/C21H26N2O.C13H20N2.3C2H6.CH3NO2/c1-22(21(24)16-18-10-4-2-5-11-18)20(17-23-14-8-9-15-23)19-12-6-3-7-13-19;1-14-13(11-15-9-5-6-10-15)12-7-3-2-4-8-12;3*1-2;1-2(3)4/h2-7,10-13,20H,8-9,14-17H2,1H3;2-4,7-8,13-14H,5-6,9-11H2,1H3;3*1-2H3;1H3/t20-;13-;;;;/m11..../s1. The van der Waals surface area contributed by atoms with Crippen LogP contribution in [0.15, 0.2) is 91.0 Å². The Hall–Kier alpha value is -3.59. The van der Waals surface area contributed by atoms with Gasteiger partial charge in [0.1, 0.15) is 0 Å². The van der Waals surface area contributed by atoms with Crippen molar-refractivity contribution in [2.24, 2.45) is 0 Å². The van der Waals surface area contributed by atoms with Crippen LogP contribution >= 0.6 is 0 Å². The molecule has 0 unspecified atom stereocenters. The predicted octanol–water partition coefficient (Wildman–Crippen LogP) is 8.54. The molecule has 3 aromatic rings. The lowest BCUT2D eigenvalue weighted by atomic mass is 10.0. The van der Waals surface area contributed by atoms with Gasteiger partial charge in [-0.25, -0.2) is 0 Å². The second kappa shape index (κ2) is 29.3. The van der Waals surface area contributed by atoms with Crippen LogP contribution in [-0.4, -0.2) is 85.9 Å². The van der Waals surface area contributed by atoms with E-state index in [-0.39, 0.29) is 11.9 Å². The number of hydrogen-bond donors (Lipinski definition) is 1. The van der Waals surface area contributed by atoms with E-state index in [0.29, 0.717) is 12.5 Å². The van der Waals surface area contributed by atoms with Gasteiger partial charge in [-0.1, -0.05) is 133 Å². The third-order valence-electron chi connectivity index (χ3n) is 8.06. The van der Waals surface area contributed by atoms with Gasteiger partial charge in [0.15, 0.2) is 7.05 Å². The zero-order valence-electron chi connectivity index (χ0n) is 32.1. The Bertz CT molecular complexity index is 1180. The largest absolute Gasteiger partial charge is 0.337 e. The van der Waals surface area contributed by atoms with Gasteiger partial charge in [-0.2, -0.15) is 0 Å². The molecule has 0 aliphatic carbocycles. The molecule has 0 bridgehead atoms. The predicted molar refractivity (Wildman–Crippen MR) is 209 cm³/mol. The highest BCUT2D eigenvalue weighted by atomic mass is 16.6. The Morgan fingerprint density at radius 2 is 1.08 bits per heavy atom. The first kappa shape index (κ1) is 45.4. The minimum atomic E-state index is -0.500. The van der Waals surface area contributed by atoms with Crippen molar-refractivity contribution in [3.63, 3.8) is 0 Å². The topological polar surface area (TPSA) is 82.0 Å². The molecule has 0 aromatic heterocycles. The third-order valence-corrected chi connectivity index (χ3v) is 8.06. The number of nitro groups is 1. The number of amides is 1. The first-order valence-corrected chi connectivity index (χ1v) is 18.5. The van der Waals surface area contributed by atoms with Crippen LogP contribution in [0, 0.1) is 10.1 Å². The molecule has 8 nitrogen and oxygen atoms in total. The van der Waals surface area contributed by atoms with Crippen molar-refractivity contribution in [3.8, 4) is 0 Å². The first-order chi connectivity index (χ1) is 23.9. The molecule has 1 amide bonds. The Morgan fingerprint density at radius 1 is 0.714 bits per heavy atom. The van der Waals surface area contributed by atoms with Crippen LogP contribution in [0.2, 0.25) is 0 Å². The number of benzene rings is 3. The summed E-state index contributed by atoms with van der Waals surface area (Å²) < 4.78 is 0. The van der Waals surface area contributed by atoms with Crippen LogP contribution in [0.25, 0.3) is 0 Å². The van der Waals surface area contributed by atoms with E-state index in [2.05, 4.69) is 69.7 Å². The first-order valence-electron chi connectivity index (χ1n) is 18.5. The summed E-state index contributed by atoms with van der Waals surface area (Å²) in [4.78, 5) is 28.1. The zero-order chi connectivity index (χ0) is 36.9. The number of likely N-dealkylation sites (tertiary alicyclic amines) is 2. The van der Waals surface area contributed by atoms with E-state index in [9.17, 15) is 4.79 Å². The number of carbonyl (C=O) groups is 1. The minimum Gasteiger partial charge on any atom is -0.337 e. The number of likely N-dealkylation sites (N-methyl/N-ethyl adjacent to an activating group) is 2. The highest BCUT2D eigenvalue weighted by molar-refractivity contribution is 5.79. The van der Waals surface area contributed by atoms with Crippen LogP contribution < -0.4 is 5.32 Å². The van der Waals surface area contributed by atoms with Gasteiger partial charge in [-0.15, -0.1) is 0 Å². The van der Waals surface area contributed by atoms with E-state index in [1.807, 2.05) is 96.9 Å². The number of nitrogens with zero attached hydrogens (tertiary/aromatic N) is 4. The molecular formula is C41H67N5O3. The molecular weight excluding hydrogens is 610 g/mol. The average Bonchev–Trinajstić information content (AvgIpc) is 3.88. The summed E-state index contributed by atoms with van der Waals surface area (Å²) in [5.74, 6) is 0.175. The molecule has 274 valence electrons. The Labute approximate surface area is 299 Å². The van der Waals surface area contributed by atoms with E-state index in [1.54, 1.807) is 0 Å². The molecule has 0 spiro atoms. The molecule has 2 aliphatic heterocycles. The van der Waals surface area contributed by atoms with Crippen LogP contribution in [0.1, 0.15) is 96.0 Å². The van der Waals surface area contributed by atoms with Crippen LogP contribution in [0.4, 0.5) is 0 Å². The lowest BCUT2D eigenvalue weighted by molar-refractivity contribution is -0.445. The van der Waals surface area contributed by atoms with Crippen molar-refractivity contribution in [2.75, 3.05) is 60.4 Å². The minimum absolute atomic E-state index is 0.112. The SMILES string of the molecule is CC.CC.CC.CN(C(=O)Cc1ccccc1)[C@H](CN1CCCC1)c1ccccc1.CN[C@H](CN1CCCC1)c1ccccc1.C[N+](=O)[O-]. The molecule has 0 radical (unpaired) electrons. The second-order valence-corrected chi connectivity index (χ2v) is 11.3. The molecule has 8 heteroatoms. The fraction of sp³-hybridized carbons (Fsp3) is 0.537. The molecule has 49 heavy (non-hydrogen) atoms. The van der Waals surface area contributed by atoms with Gasteiger partial charge in [0.2, 0.25) is 5.91 Å². The molecule has 2 saturated heterocycles. The van der Waals surface area contributed by atoms with Gasteiger partial charge < -0.3 is 20.0 Å². The van der Waals surface area contributed by atoms with Crippen molar-refractivity contribution >= 4 is 5.91 Å². The summed E-state index contributed by atoms with van der Waals surface area (Å²) >= 11 is 0. The summed E-state index contributed by atoms with van der Waals surface area (Å²) in [6.45, 7) is 18.9. The molecule has 5 rings (SSSR count). The normalized spacial score (nSPS) is 14.6. The summed E-state index contributed by atoms with van der Waals surface area (Å²) in [5, 5.41) is 12.2. The van der Waals surface area contributed by atoms with Crippen LogP contribution in [-0.2, 0) is 11.2 Å². The lowest BCUT2D eigenvalue weighted by Gasteiger charge is -2.32. The average molecular weight is 678 g/mol. The van der Waals surface area contributed by atoms with Gasteiger partial charge in [-0.05, 0) is 75.6 Å². The Balaban J connectivity index is 0.000000788. The molecule has 1 N–H and O–H groups in total. The lowest BCUT2D eigenvalue weighted by Crippen LogP contribution is -2.39. The molecule has 2 fully saturated rings. The number of hydrogen-bond acceptors (Lipinski definition) is 6. The second-order valence-electron chi connectivity index (χ2n) is 11.3. The zero-order valence-corrected chi connectivity index (χ0v) is 32.1. The van der Waals surface area contributed by atoms with Crippen molar-refractivity contribution in [3.05, 3.63) is 118 Å². The van der Waals surface area contributed by atoms with Crippen molar-refractivity contribution < 1.29 is 9.72 Å². The van der Waals surface area contributed by atoms with E-state index in [0.717, 1.165) is 38.8 Å². The van der Waals surface area contributed by atoms with Crippen LogP contribution in [0.3, 0.4) is 0 Å². The van der Waals surface area contributed by atoms with E-state index >= 15 is 0 Å². The smallest absolute Gasteiger partial charge is 0.227 e. The molecule has 0 saturated carbocycles. The van der Waals surface area contributed by atoms with Crippen molar-refractivity contribution in [1.82, 2.24) is 20.0 Å². The third kappa shape index (κ3) is 19.3.